The lowest BCUT2D eigenvalue weighted by Gasteiger charge is -2.24. The number of hydrogen-bond acceptors (Lipinski definition) is 4. The molecule has 4 heteroatoms. The average molecular weight is 286 g/mol. The topological polar surface area (TPSA) is 52.6 Å². The Balaban J connectivity index is 3.77. The van der Waals surface area contributed by atoms with E-state index >= 15 is 0 Å². The first-order valence-electron chi connectivity index (χ1n) is 7.49. The number of hydrogen-bond donors (Lipinski definition) is 0. The number of rotatable bonds is 9. The Morgan fingerprint density at radius 1 is 0.900 bits per heavy atom. The van der Waals surface area contributed by atoms with Crippen LogP contribution < -0.4 is 0 Å². The average Bonchev–Trinajstić information content (AvgIpc) is 2.25. The second-order valence-electron chi connectivity index (χ2n) is 6.50. The molecule has 0 bridgehead atoms. The van der Waals surface area contributed by atoms with Gasteiger partial charge in [0, 0.05) is 13.3 Å². The minimum atomic E-state index is -0.420. The first-order valence-corrected chi connectivity index (χ1v) is 7.49. The zero-order valence-corrected chi connectivity index (χ0v) is 13.9. The fourth-order valence-corrected chi connectivity index (χ4v) is 1.87. The highest BCUT2D eigenvalue weighted by Crippen LogP contribution is 2.20. The molecule has 0 rings (SSSR count). The third-order valence-electron chi connectivity index (χ3n) is 3.32. The largest absolute Gasteiger partial charge is 0.460 e. The van der Waals surface area contributed by atoms with Gasteiger partial charge < -0.3 is 9.47 Å². The van der Waals surface area contributed by atoms with Crippen LogP contribution in [0.5, 0.6) is 0 Å². The summed E-state index contributed by atoms with van der Waals surface area (Å²) < 4.78 is 10.6. The highest BCUT2D eigenvalue weighted by atomic mass is 16.6. The fourth-order valence-electron chi connectivity index (χ4n) is 1.87. The van der Waals surface area contributed by atoms with E-state index in [1.165, 1.54) is 6.92 Å². The van der Waals surface area contributed by atoms with Gasteiger partial charge in [-0.2, -0.15) is 0 Å². The second-order valence-corrected chi connectivity index (χ2v) is 6.50. The Morgan fingerprint density at radius 3 is 2.00 bits per heavy atom. The summed E-state index contributed by atoms with van der Waals surface area (Å²) >= 11 is 0. The molecule has 0 aliphatic heterocycles. The van der Waals surface area contributed by atoms with Crippen molar-refractivity contribution >= 4 is 11.9 Å². The van der Waals surface area contributed by atoms with Crippen molar-refractivity contribution in [2.45, 2.75) is 91.3 Å². The quantitative estimate of drug-likeness (QED) is 0.474. The van der Waals surface area contributed by atoms with Crippen LogP contribution in [0.4, 0.5) is 0 Å². The van der Waals surface area contributed by atoms with Gasteiger partial charge in [-0.05, 0) is 53.4 Å². The van der Waals surface area contributed by atoms with Gasteiger partial charge in [-0.1, -0.05) is 13.3 Å². The Labute approximate surface area is 123 Å². The lowest BCUT2D eigenvalue weighted by molar-refractivity contribution is -0.156. The highest BCUT2D eigenvalue weighted by Gasteiger charge is 2.21. The predicted octanol–water partition coefficient (Wildman–Crippen LogP) is 4.01. The summed E-state index contributed by atoms with van der Waals surface area (Å²) in [6.07, 6.45) is 4.76. The standard InChI is InChI=1S/C16H30O4/c1-7-15(3,4)20-14(18)11-9-8-10-12-16(5,6)19-13(2)17/h7-12H2,1-6H3. The fraction of sp³-hybridized carbons (Fsp3) is 0.875. The maximum absolute atomic E-state index is 11.6. The first-order chi connectivity index (χ1) is 9.08. The summed E-state index contributed by atoms with van der Waals surface area (Å²) in [6.45, 7) is 11.1. The molecular weight excluding hydrogens is 256 g/mol. The molecule has 0 aliphatic carbocycles. The molecule has 0 aliphatic rings. The maximum Gasteiger partial charge on any atom is 0.306 e. The van der Waals surface area contributed by atoms with Crippen LogP contribution in [0.1, 0.15) is 80.1 Å². The van der Waals surface area contributed by atoms with E-state index in [0.29, 0.717) is 6.42 Å². The van der Waals surface area contributed by atoms with Gasteiger partial charge in [0.1, 0.15) is 11.2 Å². The molecule has 0 unspecified atom stereocenters. The van der Waals surface area contributed by atoms with Crippen molar-refractivity contribution in [3.05, 3.63) is 0 Å². The number of ether oxygens (including phenoxy) is 2. The SMILES string of the molecule is CCC(C)(C)OC(=O)CCCCCC(C)(C)OC(C)=O. The van der Waals surface area contributed by atoms with Crippen molar-refractivity contribution < 1.29 is 19.1 Å². The summed E-state index contributed by atoms with van der Waals surface area (Å²) in [5, 5.41) is 0. The molecule has 0 radical (unpaired) electrons. The van der Waals surface area contributed by atoms with Crippen LogP contribution in [-0.2, 0) is 19.1 Å². The molecule has 0 amide bonds. The Morgan fingerprint density at radius 2 is 1.50 bits per heavy atom. The summed E-state index contributed by atoms with van der Waals surface area (Å²) in [6, 6.07) is 0. The molecule has 0 saturated carbocycles. The molecule has 0 atom stereocenters. The molecule has 0 saturated heterocycles. The third kappa shape index (κ3) is 9.82. The van der Waals surface area contributed by atoms with Gasteiger partial charge in [0.05, 0.1) is 0 Å². The van der Waals surface area contributed by atoms with Crippen LogP contribution in [0.15, 0.2) is 0 Å². The van der Waals surface area contributed by atoms with Crippen LogP contribution in [0.3, 0.4) is 0 Å². The van der Waals surface area contributed by atoms with E-state index in [1.807, 2.05) is 34.6 Å². The normalized spacial score (nSPS) is 12.1. The van der Waals surface area contributed by atoms with Crippen LogP contribution >= 0.6 is 0 Å². The summed E-state index contributed by atoms with van der Waals surface area (Å²) in [5.41, 5.74) is -0.787. The minimum Gasteiger partial charge on any atom is -0.460 e. The van der Waals surface area contributed by atoms with Gasteiger partial charge in [0.15, 0.2) is 0 Å². The Kier molecular flexibility index (Phi) is 7.84. The van der Waals surface area contributed by atoms with E-state index in [1.54, 1.807) is 0 Å². The molecular formula is C16H30O4. The molecule has 0 aromatic carbocycles. The number of esters is 2. The Bertz CT molecular complexity index is 318. The van der Waals surface area contributed by atoms with E-state index in [4.69, 9.17) is 9.47 Å². The van der Waals surface area contributed by atoms with Crippen LogP contribution in [0.2, 0.25) is 0 Å². The van der Waals surface area contributed by atoms with Gasteiger partial charge in [0.2, 0.25) is 0 Å². The summed E-state index contributed by atoms with van der Waals surface area (Å²) in [4.78, 5) is 22.5. The van der Waals surface area contributed by atoms with Crippen LogP contribution in [0, 0.1) is 0 Å². The van der Waals surface area contributed by atoms with E-state index in [0.717, 1.165) is 32.1 Å². The van der Waals surface area contributed by atoms with Gasteiger partial charge in [-0.25, -0.2) is 0 Å². The number of carbonyl (C=O) groups excluding carboxylic acids is 2. The van der Waals surface area contributed by atoms with Crippen molar-refractivity contribution in [1.82, 2.24) is 0 Å². The van der Waals surface area contributed by atoms with E-state index in [2.05, 4.69) is 0 Å². The molecule has 4 nitrogen and oxygen atoms in total. The number of unbranched alkanes of at least 4 members (excludes halogenated alkanes) is 2. The summed E-state index contributed by atoms with van der Waals surface area (Å²) in [7, 11) is 0. The zero-order valence-electron chi connectivity index (χ0n) is 13.9. The van der Waals surface area contributed by atoms with Crippen molar-refractivity contribution in [1.29, 1.82) is 0 Å². The van der Waals surface area contributed by atoms with Gasteiger partial charge in [-0.3, -0.25) is 9.59 Å². The molecule has 20 heavy (non-hydrogen) atoms. The molecule has 0 aromatic heterocycles. The van der Waals surface area contributed by atoms with Crippen molar-refractivity contribution in [2.75, 3.05) is 0 Å². The lowest BCUT2D eigenvalue weighted by atomic mass is 10.00. The molecule has 0 N–H and O–H groups in total. The van der Waals surface area contributed by atoms with Crippen molar-refractivity contribution in [3.63, 3.8) is 0 Å². The van der Waals surface area contributed by atoms with Crippen LogP contribution in [0.25, 0.3) is 0 Å². The molecule has 0 aromatic rings. The van der Waals surface area contributed by atoms with Crippen molar-refractivity contribution in [2.24, 2.45) is 0 Å². The van der Waals surface area contributed by atoms with Crippen molar-refractivity contribution in [3.8, 4) is 0 Å². The van der Waals surface area contributed by atoms with Gasteiger partial charge in [0.25, 0.3) is 0 Å². The lowest BCUT2D eigenvalue weighted by Crippen LogP contribution is -2.27. The third-order valence-corrected chi connectivity index (χ3v) is 3.32. The minimum absolute atomic E-state index is 0.129. The first kappa shape index (κ1) is 18.9. The maximum atomic E-state index is 11.6. The molecule has 118 valence electrons. The monoisotopic (exact) mass is 286 g/mol. The summed E-state index contributed by atoms with van der Waals surface area (Å²) in [5.74, 6) is -0.378. The predicted molar refractivity (Wildman–Crippen MR) is 79.4 cm³/mol. The van der Waals surface area contributed by atoms with Gasteiger partial charge >= 0.3 is 11.9 Å². The molecule has 0 heterocycles. The number of carbonyl (C=O) groups is 2. The van der Waals surface area contributed by atoms with E-state index < -0.39 is 5.60 Å². The van der Waals surface area contributed by atoms with Gasteiger partial charge in [-0.15, -0.1) is 0 Å². The zero-order chi connectivity index (χ0) is 15.8. The molecule has 0 fully saturated rings. The highest BCUT2D eigenvalue weighted by molar-refractivity contribution is 5.69. The van der Waals surface area contributed by atoms with E-state index in [9.17, 15) is 9.59 Å². The second kappa shape index (κ2) is 8.28. The smallest absolute Gasteiger partial charge is 0.306 e. The molecule has 0 spiro atoms. The Hall–Kier alpha value is -1.06. The van der Waals surface area contributed by atoms with E-state index in [-0.39, 0.29) is 17.5 Å². The van der Waals surface area contributed by atoms with Crippen LogP contribution in [-0.4, -0.2) is 23.1 Å².